The number of hydrogen-bond donors (Lipinski definition) is 2. The number of nitrogens with zero attached hydrogens (tertiary/aromatic N) is 2. The molecule has 5 heteroatoms. The molecule has 0 aliphatic carbocycles. The molecule has 110 valence electrons. The molecule has 0 saturated carbocycles. The molecule has 0 bridgehead atoms. The number of aromatic nitrogens is 1. The fourth-order valence-corrected chi connectivity index (χ4v) is 2.15. The summed E-state index contributed by atoms with van der Waals surface area (Å²) in [5.74, 6) is 6.90. The zero-order valence-electron chi connectivity index (χ0n) is 12.2. The summed E-state index contributed by atoms with van der Waals surface area (Å²) in [5.41, 5.74) is 4.98. The maximum absolute atomic E-state index is 5.61. The summed E-state index contributed by atoms with van der Waals surface area (Å²) in [4.78, 5) is 9.07. The summed E-state index contributed by atoms with van der Waals surface area (Å²) in [6.45, 7) is 0. The van der Waals surface area contributed by atoms with Crippen LogP contribution in [-0.2, 0) is 0 Å². The lowest BCUT2D eigenvalue weighted by atomic mass is 10.2. The van der Waals surface area contributed by atoms with Crippen molar-refractivity contribution in [3.8, 4) is 5.75 Å². The summed E-state index contributed by atoms with van der Waals surface area (Å²) in [7, 11) is 1.63. The second kappa shape index (κ2) is 6.24. The van der Waals surface area contributed by atoms with Gasteiger partial charge in [0.05, 0.1) is 18.3 Å². The van der Waals surface area contributed by atoms with Crippen molar-refractivity contribution < 1.29 is 4.74 Å². The van der Waals surface area contributed by atoms with Gasteiger partial charge in [-0.2, -0.15) is 0 Å². The van der Waals surface area contributed by atoms with Gasteiger partial charge in [-0.1, -0.05) is 24.3 Å². The Morgan fingerprint density at radius 3 is 2.55 bits per heavy atom. The van der Waals surface area contributed by atoms with Gasteiger partial charge in [-0.3, -0.25) is 0 Å². The fourth-order valence-electron chi connectivity index (χ4n) is 2.15. The Kier molecular flexibility index (Phi) is 3.98. The summed E-state index contributed by atoms with van der Waals surface area (Å²) in [6, 6.07) is 19.2. The second-order valence-electron chi connectivity index (χ2n) is 4.69. The van der Waals surface area contributed by atoms with E-state index in [-0.39, 0.29) is 0 Å². The highest BCUT2D eigenvalue weighted by Crippen LogP contribution is 2.19. The third-order valence-corrected chi connectivity index (χ3v) is 3.29. The summed E-state index contributed by atoms with van der Waals surface area (Å²) in [6.07, 6.45) is 0. The molecule has 0 saturated heterocycles. The van der Waals surface area contributed by atoms with Crippen LogP contribution in [0.15, 0.2) is 65.7 Å². The number of ether oxygens (including phenoxy) is 1. The molecule has 0 aliphatic rings. The van der Waals surface area contributed by atoms with Crippen LogP contribution in [0.2, 0.25) is 0 Å². The van der Waals surface area contributed by atoms with E-state index >= 15 is 0 Å². The molecule has 5 nitrogen and oxygen atoms in total. The maximum atomic E-state index is 5.61. The van der Waals surface area contributed by atoms with Crippen LogP contribution in [0.1, 0.15) is 5.69 Å². The smallest absolute Gasteiger partial charge is 0.166 e. The number of fused-ring (bicyclic) bond motifs is 1. The Bertz CT molecular complexity index is 812. The van der Waals surface area contributed by atoms with E-state index in [0.717, 1.165) is 22.3 Å². The van der Waals surface area contributed by atoms with Gasteiger partial charge in [-0.25, -0.2) is 15.8 Å². The highest BCUT2D eigenvalue weighted by Gasteiger charge is 2.05. The molecular formula is C17H16N4O. The average molecular weight is 292 g/mol. The summed E-state index contributed by atoms with van der Waals surface area (Å²) >= 11 is 0. The maximum Gasteiger partial charge on any atom is 0.166 e. The van der Waals surface area contributed by atoms with Crippen molar-refractivity contribution in [2.24, 2.45) is 10.8 Å². The van der Waals surface area contributed by atoms with Crippen LogP contribution in [0.5, 0.6) is 5.75 Å². The normalized spacial score (nSPS) is 11.5. The van der Waals surface area contributed by atoms with Gasteiger partial charge in [-0.05, 0) is 36.4 Å². The summed E-state index contributed by atoms with van der Waals surface area (Å²) in [5, 5.41) is 1.08. The second-order valence-corrected chi connectivity index (χ2v) is 4.69. The Labute approximate surface area is 128 Å². The molecule has 2 aromatic carbocycles. The predicted molar refractivity (Wildman–Crippen MR) is 88.3 cm³/mol. The molecule has 0 spiro atoms. The van der Waals surface area contributed by atoms with E-state index < -0.39 is 0 Å². The van der Waals surface area contributed by atoms with Crippen molar-refractivity contribution in [3.63, 3.8) is 0 Å². The quantitative estimate of drug-likeness (QED) is 0.337. The van der Waals surface area contributed by atoms with Crippen LogP contribution in [0.3, 0.4) is 0 Å². The number of para-hydroxylation sites is 1. The predicted octanol–water partition coefficient (Wildman–Crippen LogP) is 2.79. The van der Waals surface area contributed by atoms with Crippen LogP contribution in [0, 0.1) is 0 Å². The SMILES string of the molecule is COc1ccc(N=C(NN)c2ccc3ccccc3n2)cc1. The largest absolute Gasteiger partial charge is 0.497 e. The van der Waals surface area contributed by atoms with Crippen LogP contribution in [0.4, 0.5) is 5.69 Å². The molecule has 0 fully saturated rings. The van der Waals surface area contributed by atoms with Gasteiger partial charge in [0.15, 0.2) is 5.84 Å². The molecule has 0 amide bonds. The van der Waals surface area contributed by atoms with Gasteiger partial charge < -0.3 is 10.2 Å². The first-order chi connectivity index (χ1) is 10.8. The first kappa shape index (κ1) is 14.0. The van der Waals surface area contributed by atoms with E-state index in [9.17, 15) is 0 Å². The third-order valence-electron chi connectivity index (χ3n) is 3.29. The van der Waals surface area contributed by atoms with Crippen LogP contribution < -0.4 is 16.0 Å². The first-order valence-corrected chi connectivity index (χ1v) is 6.85. The van der Waals surface area contributed by atoms with Crippen LogP contribution >= 0.6 is 0 Å². The van der Waals surface area contributed by atoms with E-state index in [1.165, 1.54) is 0 Å². The van der Waals surface area contributed by atoms with Gasteiger partial charge >= 0.3 is 0 Å². The monoisotopic (exact) mass is 292 g/mol. The molecule has 1 aromatic heterocycles. The number of aliphatic imine (C=N–C) groups is 1. The van der Waals surface area contributed by atoms with E-state index in [2.05, 4.69) is 15.4 Å². The minimum Gasteiger partial charge on any atom is -0.497 e. The number of methoxy groups -OCH3 is 1. The lowest BCUT2D eigenvalue weighted by Crippen LogP contribution is -2.31. The van der Waals surface area contributed by atoms with Crippen LogP contribution in [0.25, 0.3) is 10.9 Å². The zero-order chi connectivity index (χ0) is 15.4. The third kappa shape index (κ3) is 2.89. The number of nitrogens with two attached hydrogens (primary N) is 1. The molecule has 3 aromatic rings. The molecule has 0 atom stereocenters. The minimum absolute atomic E-state index is 0.510. The Hall–Kier alpha value is -2.92. The first-order valence-electron chi connectivity index (χ1n) is 6.85. The Morgan fingerprint density at radius 1 is 1.05 bits per heavy atom. The van der Waals surface area contributed by atoms with Crippen molar-refractivity contribution >= 4 is 22.4 Å². The molecule has 0 radical (unpaired) electrons. The van der Waals surface area contributed by atoms with Gasteiger partial charge in [0.2, 0.25) is 0 Å². The fraction of sp³-hybridized carbons (Fsp3) is 0.0588. The molecule has 3 rings (SSSR count). The highest BCUT2D eigenvalue weighted by molar-refractivity contribution is 5.99. The van der Waals surface area contributed by atoms with Crippen LogP contribution in [-0.4, -0.2) is 17.9 Å². The number of nitrogens with one attached hydrogen (secondary N) is 1. The van der Waals surface area contributed by atoms with Crippen molar-refractivity contribution in [3.05, 3.63) is 66.4 Å². The highest BCUT2D eigenvalue weighted by atomic mass is 16.5. The molecule has 22 heavy (non-hydrogen) atoms. The standard InChI is InChI=1S/C17H16N4O/c1-22-14-9-7-13(8-10-14)19-17(21-18)16-11-6-12-4-2-3-5-15(12)20-16/h2-11H,18H2,1H3,(H,19,21). The molecule has 3 N–H and O–H groups in total. The topological polar surface area (TPSA) is 72.5 Å². The number of pyridine rings is 1. The minimum atomic E-state index is 0.510. The average Bonchev–Trinajstić information content (AvgIpc) is 2.59. The molecular weight excluding hydrogens is 276 g/mol. The van der Waals surface area contributed by atoms with E-state index in [1.54, 1.807) is 7.11 Å². The van der Waals surface area contributed by atoms with E-state index in [0.29, 0.717) is 11.5 Å². The number of amidine groups is 1. The summed E-state index contributed by atoms with van der Waals surface area (Å²) < 4.78 is 5.13. The lowest BCUT2D eigenvalue weighted by molar-refractivity contribution is 0.415. The van der Waals surface area contributed by atoms with Crippen molar-refractivity contribution in [2.45, 2.75) is 0 Å². The molecule has 0 aliphatic heterocycles. The Balaban J connectivity index is 1.98. The number of hydrogen-bond acceptors (Lipinski definition) is 4. The van der Waals surface area contributed by atoms with Gasteiger partial charge in [-0.15, -0.1) is 0 Å². The van der Waals surface area contributed by atoms with Crippen molar-refractivity contribution in [1.29, 1.82) is 0 Å². The van der Waals surface area contributed by atoms with Crippen molar-refractivity contribution in [1.82, 2.24) is 10.4 Å². The number of hydrazine groups is 1. The van der Waals surface area contributed by atoms with Crippen molar-refractivity contribution in [2.75, 3.05) is 7.11 Å². The van der Waals surface area contributed by atoms with Gasteiger partial charge in [0.25, 0.3) is 0 Å². The lowest BCUT2D eigenvalue weighted by Gasteiger charge is -2.07. The number of rotatable bonds is 3. The number of benzene rings is 2. The van der Waals surface area contributed by atoms with E-state index in [4.69, 9.17) is 10.6 Å². The molecule has 0 unspecified atom stereocenters. The Morgan fingerprint density at radius 2 is 1.82 bits per heavy atom. The molecule has 1 heterocycles. The van der Waals surface area contributed by atoms with Gasteiger partial charge in [0, 0.05) is 5.39 Å². The zero-order valence-corrected chi connectivity index (χ0v) is 12.2. The van der Waals surface area contributed by atoms with Gasteiger partial charge in [0.1, 0.15) is 11.4 Å². The van der Waals surface area contributed by atoms with E-state index in [1.807, 2.05) is 60.7 Å².